The minimum atomic E-state index is -0.478. The summed E-state index contributed by atoms with van der Waals surface area (Å²) in [6, 6.07) is 8.41. The van der Waals surface area contributed by atoms with Gasteiger partial charge in [-0.3, -0.25) is 4.79 Å². The van der Waals surface area contributed by atoms with Gasteiger partial charge in [0.2, 0.25) is 5.91 Å². The van der Waals surface area contributed by atoms with E-state index < -0.39 is 5.41 Å². The molecule has 0 bridgehead atoms. The first-order chi connectivity index (χ1) is 10.0. The molecule has 3 nitrogen and oxygen atoms in total. The Morgan fingerprint density at radius 1 is 1.33 bits per heavy atom. The number of carbonyl (C=O) groups excluding carboxylic acids is 1. The molecule has 1 aromatic carbocycles. The Labute approximate surface area is 128 Å². The third-order valence-corrected chi connectivity index (χ3v) is 4.60. The van der Waals surface area contributed by atoms with Crippen LogP contribution in [0.4, 0.5) is 0 Å². The summed E-state index contributed by atoms with van der Waals surface area (Å²) in [5, 5.41) is 6.53. The Morgan fingerprint density at radius 2 is 2.05 bits per heavy atom. The van der Waals surface area contributed by atoms with Crippen molar-refractivity contribution in [1.29, 1.82) is 0 Å². The molecule has 2 rings (SSSR count). The molecule has 1 atom stereocenters. The van der Waals surface area contributed by atoms with Crippen molar-refractivity contribution in [2.75, 3.05) is 19.6 Å². The summed E-state index contributed by atoms with van der Waals surface area (Å²) in [6.07, 6.45) is 3.45. The quantitative estimate of drug-likeness (QED) is 0.874. The van der Waals surface area contributed by atoms with E-state index in [1.165, 1.54) is 18.4 Å². The first-order valence-electron chi connectivity index (χ1n) is 8.12. The van der Waals surface area contributed by atoms with Crippen LogP contribution in [-0.4, -0.2) is 25.5 Å². The van der Waals surface area contributed by atoms with Crippen LogP contribution >= 0.6 is 0 Å². The Morgan fingerprint density at radius 3 is 2.62 bits per heavy atom. The lowest BCUT2D eigenvalue weighted by Crippen LogP contribution is -2.44. The van der Waals surface area contributed by atoms with Gasteiger partial charge in [-0.2, -0.15) is 0 Å². The second kappa shape index (κ2) is 7.08. The van der Waals surface area contributed by atoms with Crippen molar-refractivity contribution < 1.29 is 4.79 Å². The lowest BCUT2D eigenvalue weighted by atomic mass is 9.83. The van der Waals surface area contributed by atoms with Crippen molar-refractivity contribution in [3.8, 4) is 0 Å². The number of nitrogens with one attached hydrogen (secondary N) is 2. The van der Waals surface area contributed by atoms with Crippen LogP contribution < -0.4 is 10.6 Å². The molecular formula is C18H28N2O. The fraction of sp³-hybridized carbons (Fsp3) is 0.611. The Bertz CT molecular complexity index is 459. The van der Waals surface area contributed by atoms with Crippen LogP contribution in [0.5, 0.6) is 0 Å². The molecule has 1 unspecified atom stereocenters. The molecule has 1 aliphatic heterocycles. The number of aryl methyl sites for hydroxylation is 1. The predicted octanol–water partition coefficient (Wildman–Crippen LogP) is 2.64. The summed E-state index contributed by atoms with van der Waals surface area (Å²) in [5.74, 6) is 0.693. The van der Waals surface area contributed by atoms with Crippen LogP contribution in [0.15, 0.2) is 24.3 Å². The average molecular weight is 288 g/mol. The highest BCUT2D eigenvalue weighted by molar-refractivity contribution is 5.87. The molecular weight excluding hydrogens is 260 g/mol. The van der Waals surface area contributed by atoms with Gasteiger partial charge < -0.3 is 10.6 Å². The normalized spacial score (nSPS) is 19.3. The molecule has 1 fully saturated rings. The minimum Gasteiger partial charge on any atom is -0.355 e. The van der Waals surface area contributed by atoms with Crippen LogP contribution in [0.2, 0.25) is 0 Å². The molecule has 116 valence electrons. The maximum Gasteiger partial charge on any atom is 0.230 e. The fourth-order valence-electron chi connectivity index (χ4n) is 2.84. The van der Waals surface area contributed by atoms with Crippen molar-refractivity contribution in [3.05, 3.63) is 35.4 Å². The molecule has 1 saturated heterocycles. The zero-order valence-corrected chi connectivity index (χ0v) is 13.5. The van der Waals surface area contributed by atoms with E-state index in [0.717, 1.165) is 31.6 Å². The number of hydrogen-bond donors (Lipinski definition) is 2. The van der Waals surface area contributed by atoms with Gasteiger partial charge in [-0.15, -0.1) is 0 Å². The van der Waals surface area contributed by atoms with Crippen LogP contribution in [0, 0.1) is 5.92 Å². The third kappa shape index (κ3) is 4.07. The largest absolute Gasteiger partial charge is 0.355 e. The molecule has 3 heteroatoms. The zero-order chi connectivity index (χ0) is 15.3. The highest BCUT2D eigenvalue weighted by Crippen LogP contribution is 2.24. The molecule has 1 aromatic rings. The topological polar surface area (TPSA) is 41.1 Å². The minimum absolute atomic E-state index is 0.123. The van der Waals surface area contributed by atoms with E-state index in [0.29, 0.717) is 5.92 Å². The van der Waals surface area contributed by atoms with Gasteiger partial charge >= 0.3 is 0 Å². The van der Waals surface area contributed by atoms with Gasteiger partial charge in [0.05, 0.1) is 5.41 Å². The van der Waals surface area contributed by atoms with E-state index in [-0.39, 0.29) is 5.91 Å². The number of amides is 1. The Balaban J connectivity index is 1.94. The number of carbonyl (C=O) groups is 1. The van der Waals surface area contributed by atoms with E-state index in [9.17, 15) is 4.79 Å². The SMILES string of the molecule is CCc1ccc(C(C)(C)C(=O)NCC2CCCNC2)cc1. The number of hydrogen-bond acceptors (Lipinski definition) is 2. The van der Waals surface area contributed by atoms with Crippen LogP contribution in [0.25, 0.3) is 0 Å². The summed E-state index contributed by atoms with van der Waals surface area (Å²) in [6.45, 7) is 9.06. The molecule has 0 aromatic heterocycles. The van der Waals surface area contributed by atoms with E-state index in [2.05, 4.69) is 41.8 Å². The molecule has 0 radical (unpaired) electrons. The molecule has 21 heavy (non-hydrogen) atoms. The molecule has 1 amide bonds. The highest BCUT2D eigenvalue weighted by atomic mass is 16.2. The van der Waals surface area contributed by atoms with Gasteiger partial charge in [0, 0.05) is 6.54 Å². The van der Waals surface area contributed by atoms with Crippen molar-refractivity contribution in [2.45, 2.75) is 45.4 Å². The van der Waals surface area contributed by atoms with Crippen LogP contribution in [-0.2, 0) is 16.6 Å². The van der Waals surface area contributed by atoms with Crippen molar-refractivity contribution in [1.82, 2.24) is 10.6 Å². The second-order valence-electron chi connectivity index (χ2n) is 6.60. The van der Waals surface area contributed by atoms with E-state index in [1.54, 1.807) is 0 Å². The first kappa shape index (κ1) is 16.0. The van der Waals surface area contributed by atoms with Crippen molar-refractivity contribution in [2.24, 2.45) is 5.92 Å². The van der Waals surface area contributed by atoms with E-state index in [1.807, 2.05) is 13.8 Å². The van der Waals surface area contributed by atoms with E-state index >= 15 is 0 Å². The van der Waals surface area contributed by atoms with Gasteiger partial charge in [-0.25, -0.2) is 0 Å². The maximum atomic E-state index is 12.5. The molecule has 2 N–H and O–H groups in total. The summed E-state index contributed by atoms with van der Waals surface area (Å²) in [5.41, 5.74) is 1.91. The van der Waals surface area contributed by atoms with Gasteiger partial charge in [0.1, 0.15) is 0 Å². The van der Waals surface area contributed by atoms with Gasteiger partial charge in [0.25, 0.3) is 0 Å². The summed E-state index contributed by atoms with van der Waals surface area (Å²) < 4.78 is 0. The standard InChI is InChI=1S/C18H28N2O/c1-4-14-7-9-16(10-8-14)18(2,3)17(21)20-13-15-6-5-11-19-12-15/h7-10,15,19H,4-6,11-13H2,1-3H3,(H,20,21). The maximum absolute atomic E-state index is 12.5. The number of piperidine rings is 1. The molecule has 0 saturated carbocycles. The Hall–Kier alpha value is -1.35. The third-order valence-electron chi connectivity index (χ3n) is 4.60. The molecule has 0 spiro atoms. The van der Waals surface area contributed by atoms with Gasteiger partial charge in [-0.1, -0.05) is 31.2 Å². The summed E-state index contributed by atoms with van der Waals surface area (Å²) in [4.78, 5) is 12.5. The number of benzene rings is 1. The summed E-state index contributed by atoms with van der Waals surface area (Å²) in [7, 11) is 0. The van der Waals surface area contributed by atoms with Crippen molar-refractivity contribution in [3.63, 3.8) is 0 Å². The molecule has 0 aliphatic carbocycles. The first-order valence-corrected chi connectivity index (χ1v) is 8.12. The van der Waals surface area contributed by atoms with Gasteiger partial charge in [0.15, 0.2) is 0 Å². The van der Waals surface area contributed by atoms with E-state index in [4.69, 9.17) is 0 Å². The lowest BCUT2D eigenvalue weighted by Gasteiger charge is -2.27. The highest BCUT2D eigenvalue weighted by Gasteiger charge is 2.30. The predicted molar refractivity (Wildman–Crippen MR) is 87.4 cm³/mol. The molecule has 1 aliphatic rings. The van der Waals surface area contributed by atoms with Crippen molar-refractivity contribution >= 4 is 5.91 Å². The average Bonchev–Trinajstić information content (AvgIpc) is 2.53. The summed E-state index contributed by atoms with van der Waals surface area (Å²) >= 11 is 0. The molecule has 1 heterocycles. The second-order valence-corrected chi connectivity index (χ2v) is 6.60. The number of rotatable bonds is 5. The zero-order valence-electron chi connectivity index (χ0n) is 13.5. The lowest BCUT2D eigenvalue weighted by molar-refractivity contribution is -0.125. The Kier molecular flexibility index (Phi) is 5.40. The smallest absolute Gasteiger partial charge is 0.230 e. The van der Waals surface area contributed by atoms with Crippen LogP contribution in [0.3, 0.4) is 0 Å². The fourth-order valence-corrected chi connectivity index (χ4v) is 2.84. The van der Waals surface area contributed by atoms with Gasteiger partial charge in [-0.05, 0) is 63.2 Å². The van der Waals surface area contributed by atoms with Crippen LogP contribution in [0.1, 0.15) is 44.7 Å². The monoisotopic (exact) mass is 288 g/mol.